The maximum atomic E-state index is 11.0. The van der Waals surface area contributed by atoms with Gasteiger partial charge >= 0.3 is 5.97 Å². The summed E-state index contributed by atoms with van der Waals surface area (Å²) in [6, 6.07) is 6.95. The summed E-state index contributed by atoms with van der Waals surface area (Å²) in [4.78, 5) is 23.5. The van der Waals surface area contributed by atoms with Gasteiger partial charge in [0.05, 0.1) is 11.3 Å². The summed E-state index contributed by atoms with van der Waals surface area (Å²) in [7, 11) is 0. The van der Waals surface area contributed by atoms with E-state index in [9.17, 15) is 4.79 Å². The van der Waals surface area contributed by atoms with E-state index in [0.717, 1.165) is 11.3 Å². The number of aromatic carboxylic acids is 1. The number of hydrogen-bond acceptors (Lipinski definition) is 6. The van der Waals surface area contributed by atoms with Gasteiger partial charge in [-0.1, -0.05) is 6.07 Å². The Kier molecular flexibility index (Phi) is 3.80. The molecule has 0 aliphatic rings. The van der Waals surface area contributed by atoms with Gasteiger partial charge < -0.3 is 10.4 Å². The van der Waals surface area contributed by atoms with Crippen molar-refractivity contribution in [3.8, 4) is 11.3 Å². The first-order chi connectivity index (χ1) is 10.6. The fourth-order valence-electron chi connectivity index (χ4n) is 2.00. The Morgan fingerprint density at radius 1 is 1.32 bits per heavy atom. The summed E-state index contributed by atoms with van der Waals surface area (Å²) in [5.74, 6) is -0.248. The molecule has 3 aromatic rings. The standard InChI is InChI=1S/C15H12N4O2S/c1-9-6-10(2-3-11(9)14(20)21)12-7-22-15(18-12)19-13-4-5-16-8-17-13/h2-8H,1H3,(H,20,21)(H,16,17,18,19). The summed E-state index contributed by atoms with van der Waals surface area (Å²) >= 11 is 1.46. The molecule has 0 saturated carbocycles. The van der Waals surface area contributed by atoms with E-state index >= 15 is 0 Å². The molecule has 0 fully saturated rings. The molecule has 0 saturated heterocycles. The van der Waals surface area contributed by atoms with Gasteiger partial charge in [-0.2, -0.15) is 0 Å². The molecule has 3 rings (SSSR count). The largest absolute Gasteiger partial charge is 0.478 e. The molecule has 0 atom stereocenters. The number of carboxylic acids is 1. The second kappa shape index (κ2) is 5.90. The maximum absolute atomic E-state index is 11.0. The van der Waals surface area contributed by atoms with E-state index in [1.54, 1.807) is 31.3 Å². The highest BCUT2D eigenvalue weighted by molar-refractivity contribution is 7.14. The smallest absolute Gasteiger partial charge is 0.335 e. The molecular formula is C15H12N4O2S. The van der Waals surface area contributed by atoms with Crippen molar-refractivity contribution in [1.29, 1.82) is 0 Å². The Balaban J connectivity index is 1.85. The van der Waals surface area contributed by atoms with Gasteiger partial charge in [0, 0.05) is 17.1 Å². The van der Waals surface area contributed by atoms with Gasteiger partial charge in [-0.3, -0.25) is 0 Å². The highest BCUT2D eigenvalue weighted by Gasteiger charge is 2.10. The van der Waals surface area contributed by atoms with Gasteiger partial charge in [0.1, 0.15) is 12.1 Å². The van der Waals surface area contributed by atoms with Gasteiger partial charge in [0.2, 0.25) is 0 Å². The molecule has 0 bridgehead atoms. The van der Waals surface area contributed by atoms with E-state index in [1.807, 2.05) is 11.4 Å². The number of hydrogen-bond donors (Lipinski definition) is 2. The zero-order valence-corrected chi connectivity index (χ0v) is 12.5. The van der Waals surface area contributed by atoms with E-state index in [0.29, 0.717) is 22.1 Å². The molecule has 0 spiro atoms. The predicted octanol–water partition coefficient (Wildman–Crippen LogP) is 3.35. The molecule has 0 radical (unpaired) electrons. The number of nitrogens with zero attached hydrogens (tertiary/aromatic N) is 3. The SMILES string of the molecule is Cc1cc(-c2csc(Nc3ccncn3)n2)ccc1C(=O)O. The van der Waals surface area contributed by atoms with Crippen molar-refractivity contribution in [3.63, 3.8) is 0 Å². The highest BCUT2D eigenvalue weighted by Crippen LogP contribution is 2.27. The van der Waals surface area contributed by atoms with E-state index in [1.165, 1.54) is 17.7 Å². The summed E-state index contributed by atoms with van der Waals surface area (Å²) in [6.45, 7) is 1.78. The Hall–Kier alpha value is -2.80. The lowest BCUT2D eigenvalue weighted by atomic mass is 10.0. The van der Waals surface area contributed by atoms with E-state index in [-0.39, 0.29) is 0 Å². The number of carbonyl (C=O) groups is 1. The molecule has 2 heterocycles. The van der Waals surface area contributed by atoms with Gasteiger partial charge in [0.15, 0.2) is 5.13 Å². The Morgan fingerprint density at radius 2 is 2.18 bits per heavy atom. The van der Waals surface area contributed by atoms with Crippen LogP contribution in [0.1, 0.15) is 15.9 Å². The number of aryl methyl sites for hydroxylation is 1. The summed E-state index contributed by atoms with van der Waals surface area (Å²) in [6.07, 6.45) is 3.11. The number of thiazole rings is 1. The normalized spacial score (nSPS) is 10.4. The average molecular weight is 312 g/mol. The molecule has 0 aliphatic heterocycles. The quantitative estimate of drug-likeness (QED) is 0.768. The van der Waals surface area contributed by atoms with Crippen molar-refractivity contribution < 1.29 is 9.90 Å². The number of rotatable bonds is 4. The molecular weight excluding hydrogens is 300 g/mol. The molecule has 110 valence electrons. The molecule has 6 nitrogen and oxygen atoms in total. The van der Waals surface area contributed by atoms with Crippen LogP contribution in [0.2, 0.25) is 0 Å². The van der Waals surface area contributed by atoms with Gasteiger partial charge in [-0.15, -0.1) is 11.3 Å². The number of benzene rings is 1. The van der Waals surface area contributed by atoms with Crippen LogP contribution in [0.15, 0.2) is 42.2 Å². The van der Waals surface area contributed by atoms with Crippen molar-refractivity contribution in [2.75, 3.05) is 5.32 Å². The summed E-state index contributed by atoms with van der Waals surface area (Å²) in [5, 5.41) is 14.8. The van der Waals surface area contributed by atoms with Crippen LogP contribution in [0, 0.1) is 6.92 Å². The van der Waals surface area contributed by atoms with Crippen LogP contribution >= 0.6 is 11.3 Å². The molecule has 1 aromatic carbocycles. The highest BCUT2D eigenvalue weighted by atomic mass is 32.1. The first-order valence-corrected chi connectivity index (χ1v) is 7.34. The minimum absolute atomic E-state index is 0.304. The summed E-state index contributed by atoms with van der Waals surface area (Å²) < 4.78 is 0. The Bertz CT molecular complexity index is 817. The van der Waals surface area contributed by atoms with Crippen LogP contribution in [0.25, 0.3) is 11.3 Å². The molecule has 2 aromatic heterocycles. The number of carboxylic acid groups (broad SMARTS) is 1. The van der Waals surface area contributed by atoms with Crippen LogP contribution in [-0.2, 0) is 0 Å². The third-order valence-electron chi connectivity index (χ3n) is 3.07. The van der Waals surface area contributed by atoms with E-state index in [2.05, 4.69) is 20.3 Å². The van der Waals surface area contributed by atoms with Crippen molar-refractivity contribution in [2.45, 2.75) is 6.92 Å². The Labute approximate surface area is 130 Å². The molecule has 0 unspecified atom stereocenters. The van der Waals surface area contributed by atoms with Crippen LogP contribution in [0.4, 0.5) is 10.9 Å². The fourth-order valence-corrected chi connectivity index (χ4v) is 2.73. The lowest BCUT2D eigenvalue weighted by Crippen LogP contribution is -1.99. The van der Waals surface area contributed by atoms with Crippen LogP contribution in [0.5, 0.6) is 0 Å². The van der Waals surface area contributed by atoms with Crippen molar-refractivity contribution in [2.24, 2.45) is 0 Å². The first kappa shape index (κ1) is 14.2. The minimum atomic E-state index is -0.923. The lowest BCUT2D eigenvalue weighted by Gasteiger charge is -2.03. The number of aromatic nitrogens is 3. The van der Waals surface area contributed by atoms with E-state index < -0.39 is 5.97 Å². The molecule has 0 aliphatic carbocycles. The van der Waals surface area contributed by atoms with Crippen LogP contribution < -0.4 is 5.32 Å². The fraction of sp³-hybridized carbons (Fsp3) is 0.0667. The molecule has 2 N–H and O–H groups in total. The first-order valence-electron chi connectivity index (χ1n) is 6.46. The van der Waals surface area contributed by atoms with Crippen LogP contribution in [0.3, 0.4) is 0 Å². The summed E-state index contributed by atoms with van der Waals surface area (Å²) in [5.41, 5.74) is 2.69. The van der Waals surface area contributed by atoms with Gasteiger partial charge in [0.25, 0.3) is 0 Å². The molecule has 7 heteroatoms. The second-order valence-electron chi connectivity index (χ2n) is 4.59. The zero-order valence-electron chi connectivity index (χ0n) is 11.6. The number of anilines is 2. The minimum Gasteiger partial charge on any atom is -0.478 e. The second-order valence-corrected chi connectivity index (χ2v) is 5.45. The topological polar surface area (TPSA) is 88.0 Å². The Morgan fingerprint density at radius 3 is 2.86 bits per heavy atom. The van der Waals surface area contributed by atoms with Crippen molar-refractivity contribution in [1.82, 2.24) is 15.0 Å². The monoisotopic (exact) mass is 312 g/mol. The van der Waals surface area contributed by atoms with Crippen molar-refractivity contribution in [3.05, 3.63) is 53.3 Å². The van der Waals surface area contributed by atoms with Gasteiger partial charge in [-0.05, 0) is 30.7 Å². The van der Waals surface area contributed by atoms with Gasteiger partial charge in [-0.25, -0.2) is 19.7 Å². The third kappa shape index (κ3) is 2.94. The number of nitrogens with one attached hydrogen (secondary N) is 1. The third-order valence-corrected chi connectivity index (χ3v) is 3.83. The molecule has 0 amide bonds. The maximum Gasteiger partial charge on any atom is 0.335 e. The average Bonchev–Trinajstić information content (AvgIpc) is 2.96. The van der Waals surface area contributed by atoms with Crippen LogP contribution in [-0.4, -0.2) is 26.0 Å². The lowest BCUT2D eigenvalue weighted by molar-refractivity contribution is 0.0696. The predicted molar refractivity (Wildman–Crippen MR) is 84.6 cm³/mol. The molecule has 22 heavy (non-hydrogen) atoms. The van der Waals surface area contributed by atoms with Crippen molar-refractivity contribution >= 4 is 28.3 Å². The zero-order chi connectivity index (χ0) is 15.5. The van der Waals surface area contributed by atoms with E-state index in [4.69, 9.17) is 5.11 Å².